The molecule has 0 bridgehead atoms. The van der Waals surface area contributed by atoms with Crippen molar-refractivity contribution in [3.8, 4) is 0 Å². The smallest absolute Gasteiger partial charge is 0.109 e. The highest BCUT2D eigenvalue weighted by Crippen LogP contribution is 2.24. The van der Waals surface area contributed by atoms with E-state index in [1.165, 1.54) is 37.4 Å². The van der Waals surface area contributed by atoms with Crippen LogP contribution in [0.3, 0.4) is 0 Å². The van der Waals surface area contributed by atoms with Gasteiger partial charge in [-0.3, -0.25) is 0 Å². The fourth-order valence-corrected chi connectivity index (χ4v) is 3.67. The summed E-state index contributed by atoms with van der Waals surface area (Å²) in [5, 5.41) is 9.73. The van der Waals surface area contributed by atoms with Gasteiger partial charge in [0.25, 0.3) is 0 Å². The van der Waals surface area contributed by atoms with E-state index in [0.29, 0.717) is 6.04 Å². The number of nitrogens with zero attached hydrogens (tertiary/aromatic N) is 3. The molecule has 3 rings (SSSR count). The number of aliphatic hydroxyl groups is 1. The molecule has 2 atom stereocenters. The number of piperidine rings is 1. The molecule has 0 aromatic carbocycles. The zero-order valence-electron chi connectivity index (χ0n) is 12.8. The zero-order valence-corrected chi connectivity index (χ0v) is 12.8. The summed E-state index contributed by atoms with van der Waals surface area (Å²) >= 11 is 0. The highest BCUT2D eigenvalue weighted by molar-refractivity contribution is 5.10. The largest absolute Gasteiger partial charge is 0.393 e. The number of likely N-dealkylation sites (tertiary alicyclic amines) is 1. The van der Waals surface area contributed by atoms with Crippen molar-refractivity contribution in [1.82, 2.24) is 14.5 Å². The summed E-state index contributed by atoms with van der Waals surface area (Å²) in [5.74, 6) is 1.98. The maximum Gasteiger partial charge on any atom is 0.109 e. The molecule has 112 valence electrons. The van der Waals surface area contributed by atoms with E-state index in [1.54, 1.807) is 0 Å². The molecule has 0 saturated carbocycles. The van der Waals surface area contributed by atoms with Crippen molar-refractivity contribution >= 4 is 0 Å². The Morgan fingerprint density at radius 1 is 1.35 bits per heavy atom. The van der Waals surface area contributed by atoms with Gasteiger partial charge in [-0.2, -0.15) is 0 Å². The molecule has 1 N–H and O–H groups in total. The molecule has 0 amide bonds. The Hall–Kier alpha value is -0.870. The normalized spacial score (nSPS) is 27.8. The van der Waals surface area contributed by atoms with Gasteiger partial charge in [0.05, 0.1) is 6.10 Å². The van der Waals surface area contributed by atoms with Gasteiger partial charge in [-0.15, -0.1) is 0 Å². The molecule has 1 fully saturated rings. The van der Waals surface area contributed by atoms with E-state index in [1.807, 2.05) is 6.20 Å². The maximum atomic E-state index is 9.73. The second-order valence-electron chi connectivity index (χ2n) is 6.77. The maximum absolute atomic E-state index is 9.73. The van der Waals surface area contributed by atoms with Crippen molar-refractivity contribution in [3.05, 3.63) is 17.7 Å². The molecule has 1 saturated heterocycles. The molecular formula is C16H27N3O. The van der Waals surface area contributed by atoms with E-state index in [-0.39, 0.29) is 6.10 Å². The number of rotatable bonds is 3. The third-order valence-corrected chi connectivity index (χ3v) is 4.90. The van der Waals surface area contributed by atoms with E-state index in [9.17, 15) is 5.11 Å². The summed E-state index contributed by atoms with van der Waals surface area (Å²) in [4.78, 5) is 7.22. The molecule has 0 aliphatic carbocycles. The number of aromatic nitrogens is 2. The van der Waals surface area contributed by atoms with E-state index in [2.05, 4.69) is 28.3 Å². The van der Waals surface area contributed by atoms with Crippen LogP contribution in [0.4, 0.5) is 0 Å². The lowest BCUT2D eigenvalue weighted by Gasteiger charge is -2.35. The fraction of sp³-hybridized carbons (Fsp3) is 0.812. The van der Waals surface area contributed by atoms with Crippen LogP contribution in [0.2, 0.25) is 0 Å². The van der Waals surface area contributed by atoms with Gasteiger partial charge in [0.15, 0.2) is 0 Å². The zero-order chi connectivity index (χ0) is 14.1. The summed E-state index contributed by atoms with van der Waals surface area (Å²) in [6.07, 6.45) is 7.19. The molecule has 0 spiro atoms. The van der Waals surface area contributed by atoms with E-state index in [0.717, 1.165) is 31.7 Å². The standard InChI is InChI=1S/C16H27N3O/c1-12(2)18-6-3-4-13(11-18)8-16-17-10-14-9-15(20)5-7-19(14)16/h10,12-13,15,20H,3-9,11H2,1-2H3. The molecular weight excluding hydrogens is 250 g/mol. The highest BCUT2D eigenvalue weighted by atomic mass is 16.3. The molecule has 4 heteroatoms. The predicted molar refractivity (Wildman–Crippen MR) is 79.7 cm³/mol. The fourth-order valence-electron chi connectivity index (χ4n) is 3.67. The van der Waals surface area contributed by atoms with Gasteiger partial charge >= 0.3 is 0 Å². The summed E-state index contributed by atoms with van der Waals surface area (Å²) in [6.45, 7) is 7.98. The van der Waals surface area contributed by atoms with Crippen LogP contribution in [-0.2, 0) is 19.4 Å². The van der Waals surface area contributed by atoms with Gasteiger partial charge in [0.1, 0.15) is 5.82 Å². The van der Waals surface area contributed by atoms with Crippen LogP contribution < -0.4 is 0 Å². The number of imidazole rings is 1. The topological polar surface area (TPSA) is 41.3 Å². The lowest BCUT2D eigenvalue weighted by atomic mass is 9.93. The van der Waals surface area contributed by atoms with Crippen LogP contribution in [-0.4, -0.2) is 44.8 Å². The first kappa shape index (κ1) is 14.1. The van der Waals surface area contributed by atoms with E-state index in [4.69, 9.17) is 0 Å². The van der Waals surface area contributed by atoms with Crippen LogP contribution in [0.15, 0.2) is 6.20 Å². The molecule has 4 nitrogen and oxygen atoms in total. The minimum absolute atomic E-state index is 0.168. The van der Waals surface area contributed by atoms with Crippen molar-refractivity contribution in [1.29, 1.82) is 0 Å². The average Bonchev–Trinajstić information content (AvgIpc) is 2.81. The van der Waals surface area contributed by atoms with Crippen molar-refractivity contribution < 1.29 is 5.11 Å². The summed E-state index contributed by atoms with van der Waals surface area (Å²) < 4.78 is 2.35. The lowest BCUT2D eigenvalue weighted by molar-refractivity contribution is 0.133. The Balaban J connectivity index is 1.66. The molecule has 2 unspecified atom stereocenters. The van der Waals surface area contributed by atoms with Gasteiger partial charge in [-0.25, -0.2) is 4.98 Å². The first-order chi connectivity index (χ1) is 9.63. The Labute approximate surface area is 121 Å². The summed E-state index contributed by atoms with van der Waals surface area (Å²) in [6, 6.07) is 0.655. The third kappa shape index (κ3) is 2.91. The van der Waals surface area contributed by atoms with Crippen molar-refractivity contribution in [2.24, 2.45) is 5.92 Å². The monoisotopic (exact) mass is 277 g/mol. The lowest BCUT2D eigenvalue weighted by Crippen LogP contribution is -2.40. The van der Waals surface area contributed by atoms with Crippen LogP contribution in [0.5, 0.6) is 0 Å². The first-order valence-electron chi connectivity index (χ1n) is 8.09. The quantitative estimate of drug-likeness (QED) is 0.917. The number of aliphatic hydroxyl groups excluding tert-OH is 1. The van der Waals surface area contributed by atoms with Gasteiger partial charge in [-0.05, 0) is 45.6 Å². The van der Waals surface area contributed by atoms with E-state index < -0.39 is 0 Å². The van der Waals surface area contributed by atoms with Crippen molar-refractivity contribution in [2.75, 3.05) is 13.1 Å². The molecule has 0 radical (unpaired) electrons. The molecule has 3 heterocycles. The van der Waals surface area contributed by atoms with Crippen LogP contribution in [0.25, 0.3) is 0 Å². The predicted octanol–water partition coefficient (Wildman–Crippen LogP) is 1.85. The van der Waals surface area contributed by atoms with Gasteiger partial charge < -0.3 is 14.6 Å². The van der Waals surface area contributed by atoms with Crippen molar-refractivity contribution in [2.45, 2.75) is 64.6 Å². The van der Waals surface area contributed by atoms with E-state index >= 15 is 0 Å². The SMILES string of the molecule is CC(C)N1CCCC(Cc2ncc3n2CCC(O)C3)C1. The number of hydrogen-bond donors (Lipinski definition) is 1. The first-order valence-corrected chi connectivity index (χ1v) is 8.09. The Kier molecular flexibility index (Phi) is 4.13. The summed E-state index contributed by atoms with van der Waals surface area (Å²) in [7, 11) is 0. The minimum Gasteiger partial charge on any atom is -0.393 e. The average molecular weight is 277 g/mol. The van der Waals surface area contributed by atoms with Gasteiger partial charge in [0, 0.05) is 43.9 Å². The number of fused-ring (bicyclic) bond motifs is 1. The second-order valence-corrected chi connectivity index (χ2v) is 6.77. The van der Waals surface area contributed by atoms with Crippen LogP contribution >= 0.6 is 0 Å². The number of hydrogen-bond acceptors (Lipinski definition) is 3. The highest BCUT2D eigenvalue weighted by Gasteiger charge is 2.25. The second kappa shape index (κ2) is 5.86. The molecule has 1 aromatic heterocycles. The Morgan fingerprint density at radius 3 is 3.00 bits per heavy atom. The molecule has 1 aromatic rings. The van der Waals surface area contributed by atoms with Gasteiger partial charge in [0.2, 0.25) is 0 Å². The van der Waals surface area contributed by atoms with Crippen LogP contribution in [0, 0.1) is 5.92 Å². The van der Waals surface area contributed by atoms with Gasteiger partial charge in [-0.1, -0.05) is 0 Å². The molecule has 2 aliphatic heterocycles. The van der Waals surface area contributed by atoms with Crippen LogP contribution in [0.1, 0.15) is 44.6 Å². The third-order valence-electron chi connectivity index (χ3n) is 4.90. The minimum atomic E-state index is -0.168. The Bertz CT molecular complexity index is 455. The molecule has 20 heavy (non-hydrogen) atoms. The molecule has 2 aliphatic rings. The van der Waals surface area contributed by atoms with Crippen molar-refractivity contribution in [3.63, 3.8) is 0 Å². The summed E-state index contributed by atoms with van der Waals surface area (Å²) in [5.41, 5.74) is 1.22. The Morgan fingerprint density at radius 2 is 2.20 bits per heavy atom.